The Bertz CT molecular complexity index is 534. The van der Waals surface area contributed by atoms with Gasteiger partial charge in [-0.05, 0) is 42.9 Å². The van der Waals surface area contributed by atoms with Crippen LogP contribution in [0.4, 0.5) is 13.2 Å². The zero-order valence-electron chi connectivity index (χ0n) is 13.6. The molecule has 0 aromatic heterocycles. The Morgan fingerprint density at radius 2 is 2.00 bits per heavy atom. The van der Waals surface area contributed by atoms with Gasteiger partial charge in [0.2, 0.25) is 0 Å². The van der Waals surface area contributed by atoms with Crippen LogP contribution in [-0.4, -0.2) is 41.5 Å². The highest BCUT2D eigenvalue weighted by atomic mass is 32.2. The van der Waals surface area contributed by atoms with E-state index in [9.17, 15) is 18.0 Å². The highest BCUT2D eigenvalue weighted by Gasteiger charge is 2.30. The Balaban J connectivity index is 1.87. The molecule has 1 aliphatic heterocycles. The minimum absolute atomic E-state index is 0.112. The SMILES string of the molecule is CCSC1CCCCN(C(=O)COc2ccc(C(F)(F)F)cc2)C1. The summed E-state index contributed by atoms with van der Waals surface area (Å²) in [5.74, 6) is 1.18. The lowest BCUT2D eigenvalue weighted by molar-refractivity contribution is -0.137. The second kappa shape index (κ2) is 8.65. The molecule has 0 aliphatic carbocycles. The average Bonchev–Trinajstić information content (AvgIpc) is 2.78. The zero-order chi connectivity index (χ0) is 17.6. The number of ether oxygens (including phenoxy) is 1. The second-order valence-electron chi connectivity index (χ2n) is 5.72. The molecule has 134 valence electrons. The van der Waals surface area contributed by atoms with E-state index in [0.29, 0.717) is 11.8 Å². The van der Waals surface area contributed by atoms with E-state index in [2.05, 4.69) is 6.92 Å². The van der Waals surface area contributed by atoms with E-state index in [0.717, 1.165) is 43.7 Å². The van der Waals surface area contributed by atoms with Crippen LogP contribution in [0.15, 0.2) is 24.3 Å². The quantitative estimate of drug-likeness (QED) is 0.786. The minimum atomic E-state index is -4.37. The number of halogens is 3. The fourth-order valence-electron chi connectivity index (χ4n) is 2.68. The number of carbonyl (C=O) groups is 1. The maximum Gasteiger partial charge on any atom is 0.416 e. The second-order valence-corrected chi connectivity index (χ2v) is 7.30. The zero-order valence-corrected chi connectivity index (χ0v) is 14.5. The summed E-state index contributed by atoms with van der Waals surface area (Å²) >= 11 is 1.86. The average molecular weight is 361 g/mol. The summed E-state index contributed by atoms with van der Waals surface area (Å²) in [6.45, 7) is 3.40. The predicted molar refractivity (Wildman–Crippen MR) is 89.3 cm³/mol. The molecule has 1 saturated heterocycles. The first kappa shape index (κ1) is 19.0. The van der Waals surface area contributed by atoms with Gasteiger partial charge < -0.3 is 9.64 Å². The number of benzene rings is 1. The summed E-state index contributed by atoms with van der Waals surface area (Å²) in [6.07, 6.45) is -1.16. The highest BCUT2D eigenvalue weighted by Crippen LogP contribution is 2.30. The third kappa shape index (κ3) is 5.61. The lowest BCUT2D eigenvalue weighted by atomic mass is 10.2. The molecule has 0 saturated carbocycles. The van der Waals surface area contributed by atoms with Crippen LogP contribution in [0, 0.1) is 0 Å². The minimum Gasteiger partial charge on any atom is -0.484 e. The van der Waals surface area contributed by atoms with Gasteiger partial charge in [0.1, 0.15) is 5.75 Å². The third-order valence-corrected chi connectivity index (χ3v) is 5.12. The van der Waals surface area contributed by atoms with Gasteiger partial charge in [0.15, 0.2) is 6.61 Å². The summed E-state index contributed by atoms with van der Waals surface area (Å²) < 4.78 is 42.9. The van der Waals surface area contributed by atoms with Crippen LogP contribution in [-0.2, 0) is 11.0 Å². The van der Waals surface area contributed by atoms with Gasteiger partial charge in [-0.2, -0.15) is 24.9 Å². The standard InChI is InChI=1S/C17H22F3NO2S/c1-2-24-15-5-3-4-10-21(11-15)16(22)12-23-14-8-6-13(7-9-14)17(18,19)20/h6-9,15H,2-5,10-12H2,1H3. The van der Waals surface area contributed by atoms with Crippen molar-refractivity contribution in [3.63, 3.8) is 0 Å². The molecule has 1 fully saturated rings. The van der Waals surface area contributed by atoms with Crippen molar-refractivity contribution in [3.05, 3.63) is 29.8 Å². The number of hydrogen-bond donors (Lipinski definition) is 0. The highest BCUT2D eigenvalue weighted by molar-refractivity contribution is 7.99. The summed E-state index contributed by atoms with van der Waals surface area (Å²) in [6, 6.07) is 4.40. The Morgan fingerprint density at radius 1 is 1.29 bits per heavy atom. The van der Waals surface area contributed by atoms with E-state index >= 15 is 0 Å². The van der Waals surface area contributed by atoms with Gasteiger partial charge >= 0.3 is 6.18 Å². The molecule has 1 aromatic rings. The topological polar surface area (TPSA) is 29.5 Å². The van der Waals surface area contributed by atoms with E-state index in [1.807, 2.05) is 16.7 Å². The van der Waals surface area contributed by atoms with Gasteiger partial charge in [-0.15, -0.1) is 0 Å². The molecule has 1 amide bonds. The van der Waals surface area contributed by atoms with Crippen molar-refractivity contribution >= 4 is 17.7 Å². The smallest absolute Gasteiger partial charge is 0.416 e. The van der Waals surface area contributed by atoms with Crippen LogP contribution in [0.1, 0.15) is 31.7 Å². The predicted octanol–water partition coefficient (Wildman–Crippen LogP) is 4.22. The molecule has 0 radical (unpaired) electrons. The van der Waals surface area contributed by atoms with Gasteiger partial charge in [0.05, 0.1) is 5.56 Å². The van der Waals surface area contributed by atoms with Crippen LogP contribution in [0.25, 0.3) is 0 Å². The van der Waals surface area contributed by atoms with Crippen LogP contribution in [0.3, 0.4) is 0 Å². The fourth-order valence-corrected chi connectivity index (χ4v) is 3.77. The van der Waals surface area contributed by atoms with Gasteiger partial charge in [-0.1, -0.05) is 13.3 Å². The molecule has 7 heteroatoms. The molecule has 1 heterocycles. The number of likely N-dealkylation sites (tertiary alicyclic amines) is 1. The first-order valence-electron chi connectivity index (χ1n) is 8.09. The molecule has 0 N–H and O–H groups in total. The molecule has 3 nitrogen and oxygen atoms in total. The number of alkyl halides is 3. The van der Waals surface area contributed by atoms with E-state index in [4.69, 9.17) is 4.74 Å². The first-order valence-corrected chi connectivity index (χ1v) is 9.14. The van der Waals surface area contributed by atoms with Crippen molar-refractivity contribution in [1.82, 2.24) is 4.90 Å². The molecule has 0 spiro atoms. The van der Waals surface area contributed by atoms with Crippen LogP contribution in [0.5, 0.6) is 5.75 Å². The van der Waals surface area contributed by atoms with Crippen molar-refractivity contribution in [1.29, 1.82) is 0 Å². The Morgan fingerprint density at radius 3 is 2.62 bits per heavy atom. The number of nitrogens with zero attached hydrogens (tertiary/aromatic N) is 1. The summed E-state index contributed by atoms with van der Waals surface area (Å²) in [7, 11) is 0. The van der Waals surface area contributed by atoms with Crippen molar-refractivity contribution in [3.8, 4) is 5.75 Å². The Hall–Kier alpha value is -1.37. The van der Waals surface area contributed by atoms with Gasteiger partial charge in [0, 0.05) is 18.3 Å². The lowest BCUT2D eigenvalue weighted by Gasteiger charge is -2.24. The number of hydrogen-bond acceptors (Lipinski definition) is 3. The van der Waals surface area contributed by atoms with Gasteiger partial charge in [0.25, 0.3) is 5.91 Å². The van der Waals surface area contributed by atoms with Crippen molar-refractivity contribution in [2.24, 2.45) is 0 Å². The summed E-state index contributed by atoms with van der Waals surface area (Å²) in [5, 5.41) is 0.451. The maximum absolute atomic E-state index is 12.5. The van der Waals surface area contributed by atoms with Crippen LogP contribution in [0.2, 0.25) is 0 Å². The monoisotopic (exact) mass is 361 g/mol. The molecule has 24 heavy (non-hydrogen) atoms. The van der Waals surface area contributed by atoms with Gasteiger partial charge in [-0.25, -0.2) is 0 Å². The fraction of sp³-hybridized carbons (Fsp3) is 0.588. The Kier molecular flexibility index (Phi) is 6.83. The van der Waals surface area contributed by atoms with Gasteiger partial charge in [-0.3, -0.25) is 4.79 Å². The van der Waals surface area contributed by atoms with E-state index in [1.54, 1.807) is 0 Å². The lowest BCUT2D eigenvalue weighted by Crippen LogP contribution is -2.38. The molecular formula is C17H22F3NO2S. The van der Waals surface area contributed by atoms with E-state index in [1.165, 1.54) is 12.1 Å². The molecule has 1 aromatic carbocycles. The first-order chi connectivity index (χ1) is 11.4. The molecule has 2 rings (SSSR count). The number of thioether (sulfide) groups is 1. The molecule has 0 bridgehead atoms. The molecule has 1 unspecified atom stereocenters. The normalized spacial score (nSPS) is 19.0. The van der Waals surface area contributed by atoms with Crippen LogP contribution >= 0.6 is 11.8 Å². The number of amides is 1. The Labute approximate surface area is 144 Å². The van der Waals surface area contributed by atoms with Crippen molar-refractivity contribution in [2.75, 3.05) is 25.4 Å². The van der Waals surface area contributed by atoms with Crippen molar-refractivity contribution in [2.45, 2.75) is 37.6 Å². The summed E-state index contributed by atoms with van der Waals surface area (Å²) in [4.78, 5) is 14.1. The maximum atomic E-state index is 12.5. The van der Waals surface area contributed by atoms with Crippen molar-refractivity contribution < 1.29 is 22.7 Å². The molecule has 1 atom stereocenters. The van der Waals surface area contributed by atoms with E-state index < -0.39 is 11.7 Å². The van der Waals surface area contributed by atoms with Crippen LogP contribution < -0.4 is 4.74 Å². The molecular weight excluding hydrogens is 339 g/mol. The largest absolute Gasteiger partial charge is 0.484 e. The van der Waals surface area contributed by atoms with E-state index in [-0.39, 0.29) is 18.3 Å². The third-order valence-electron chi connectivity index (χ3n) is 3.93. The summed E-state index contributed by atoms with van der Waals surface area (Å²) in [5.41, 5.74) is -0.729. The molecule has 1 aliphatic rings. The number of rotatable bonds is 5. The number of carbonyl (C=O) groups excluding carboxylic acids is 1.